The molecule has 1 aliphatic rings. The van der Waals surface area contributed by atoms with Gasteiger partial charge in [0.1, 0.15) is 23.6 Å². The number of rotatable bonds is 13. The van der Waals surface area contributed by atoms with Crippen molar-refractivity contribution in [2.24, 2.45) is 17.8 Å². The Kier molecular flexibility index (Phi) is 10.2. The van der Waals surface area contributed by atoms with Gasteiger partial charge >= 0.3 is 13.7 Å². The highest BCUT2D eigenvalue weighted by atomic mass is 31.2. The van der Waals surface area contributed by atoms with Gasteiger partial charge in [-0.2, -0.15) is 15.4 Å². The largest absolute Gasteiger partial charge is 0.464 e. The molecule has 2 aromatic heterocycles. The number of fused-ring (bicyclic) bond motifs is 1. The van der Waals surface area contributed by atoms with Gasteiger partial charge in [-0.15, -0.1) is 0 Å². The third-order valence-corrected chi connectivity index (χ3v) is 9.38. The number of esters is 1. The summed E-state index contributed by atoms with van der Waals surface area (Å²) in [6, 6.07) is 12.6. The van der Waals surface area contributed by atoms with Crippen LogP contribution in [0.3, 0.4) is 0 Å². The number of para-hydroxylation sites is 1. The minimum absolute atomic E-state index is 0.204. The van der Waals surface area contributed by atoms with E-state index >= 15 is 0 Å². The van der Waals surface area contributed by atoms with Gasteiger partial charge in [0, 0.05) is 17.5 Å². The second kappa shape index (κ2) is 13.6. The highest BCUT2D eigenvalue weighted by Crippen LogP contribution is 2.50. The molecule has 3 aromatic rings. The Morgan fingerprint density at radius 3 is 2.57 bits per heavy atom. The van der Waals surface area contributed by atoms with Crippen LogP contribution in [-0.2, 0) is 18.6 Å². The second-order valence-corrected chi connectivity index (χ2v) is 12.1. The number of carbonyl (C=O) groups is 1. The zero-order chi connectivity index (χ0) is 30.4. The molecule has 0 aliphatic heterocycles. The summed E-state index contributed by atoms with van der Waals surface area (Å²) in [5.41, 5.74) is 6.95. The van der Waals surface area contributed by atoms with Crippen molar-refractivity contribution < 1.29 is 33.4 Å². The van der Waals surface area contributed by atoms with E-state index < -0.39 is 56.3 Å². The van der Waals surface area contributed by atoms with Crippen LogP contribution in [0.1, 0.15) is 45.2 Å². The molecule has 1 saturated carbocycles. The lowest BCUT2D eigenvalue weighted by Gasteiger charge is -2.27. The Balaban J connectivity index is 1.59. The monoisotopic (exact) mass is 600 g/mol. The maximum absolute atomic E-state index is 14.1. The summed E-state index contributed by atoms with van der Waals surface area (Å²) in [5.74, 6) is -2.73. The summed E-state index contributed by atoms with van der Waals surface area (Å²) in [5, 5.41) is 38.6. The standard InChI is InChI=1S/C28H37N6O7P/c1-4-18(5-2)14-39-28(37)17(3)33-42(38,41-19-9-7-6-8-10-19)40-15-21-24(20(13-29)25(35)26(21)36)22-11-12-23-27(30)31-16-32-34(22)23/h6-12,16-18,20-21,24-26,35-36H,4-5,14-15H2,1-3H3,(H,33,38)(H2,30,31,32)/t17-,20-,21-,24-,25-,26+,42?/m0/s1. The molecule has 2 heterocycles. The van der Waals surface area contributed by atoms with Crippen molar-refractivity contribution >= 4 is 25.1 Å². The first-order valence-electron chi connectivity index (χ1n) is 13.9. The molecule has 0 amide bonds. The van der Waals surface area contributed by atoms with E-state index in [-0.39, 0.29) is 24.1 Å². The van der Waals surface area contributed by atoms with Gasteiger partial charge in [-0.1, -0.05) is 44.9 Å². The zero-order valence-corrected chi connectivity index (χ0v) is 24.6. The van der Waals surface area contributed by atoms with Crippen LogP contribution in [-0.4, -0.2) is 62.2 Å². The predicted molar refractivity (Wildman–Crippen MR) is 153 cm³/mol. The Morgan fingerprint density at radius 1 is 1.19 bits per heavy atom. The van der Waals surface area contributed by atoms with E-state index in [2.05, 4.69) is 21.2 Å². The summed E-state index contributed by atoms with van der Waals surface area (Å²) < 4.78 is 32.6. The molecule has 0 spiro atoms. The van der Waals surface area contributed by atoms with Crippen molar-refractivity contribution in [3.8, 4) is 11.8 Å². The number of nitrogens with zero attached hydrogens (tertiary/aromatic N) is 4. The number of aromatic nitrogens is 3. The molecule has 42 heavy (non-hydrogen) atoms. The topological polar surface area (TPSA) is 194 Å². The zero-order valence-electron chi connectivity index (χ0n) is 23.7. The van der Waals surface area contributed by atoms with Gasteiger partial charge in [0.2, 0.25) is 0 Å². The number of aliphatic hydroxyl groups excluding tert-OH is 2. The normalized spacial score (nSPS) is 24.3. The second-order valence-electron chi connectivity index (χ2n) is 10.4. The summed E-state index contributed by atoms with van der Waals surface area (Å²) in [6.45, 7) is 5.33. The third kappa shape index (κ3) is 6.75. The van der Waals surface area contributed by atoms with E-state index in [1.807, 2.05) is 13.8 Å². The molecule has 0 bridgehead atoms. The van der Waals surface area contributed by atoms with Gasteiger partial charge in [-0.25, -0.2) is 14.1 Å². The Hall–Kier alpha value is -3.53. The van der Waals surface area contributed by atoms with Crippen LogP contribution in [0, 0.1) is 29.1 Å². The van der Waals surface area contributed by atoms with Crippen LogP contribution >= 0.6 is 7.75 Å². The lowest BCUT2D eigenvalue weighted by atomic mass is 9.87. The van der Waals surface area contributed by atoms with Crippen LogP contribution < -0.4 is 15.3 Å². The van der Waals surface area contributed by atoms with E-state index in [0.29, 0.717) is 11.2 Å². The Morgan fingerprint density at radius 2 is 1.90 bits per heavy atom. The number of hydrogen-bond acceptors (Lipinski definition) is 11. The number of hydrogen-bond donors (Lipinski definition) is 4. The van der Waals surface area contributed by atoms with E-state index in [1.54, 1.807) is 42.5 Å². The fraction of sp³-hybridized carbons (Fsp3) is 0.500. The molecule has 13 nitrogen and oxygen atoms in total. The quantitative estimate of drug-likeness (QED) is 0.166. The van der Waals surface area contributed by atoms with Crippen LogP contribution in [0.25, 0.3) is 5.52 Å². The smallest absolute Gasteiger partial charge is 0.459 e. The number of ether oxygens (including phenoxy) is 1. The van der Waals surface area contributed by atoms with Crippen molar-refractivity contribution in [3.05, 3.63) is 54.5 Å². The Bertz CT molecular complexity index is 1440. The first-order valence-corrected chi connectivity index (χ1v) is 15.4. The molecular formula is C28H37N6O7P. The molecule has 0 saturated heterocycles. The van der Waals surface area contributed by atoms with Crippen molar-refractivity contribution in [2.75, 3.05) is 18.9 Å². The van der Waals surface area contributed by atoms with Crippen LogP contribution in [0.15, 0.2) is 48.8 Å². The minimum atomic E-state index is -4.28. The number of aliphatic hydroxyl groups is 2. The van der Waals surface area contributed by atoms with Gasteiger partial charge in [0.05, 0.1) is 37.4 Å². The van der Waals surface area contributed by atoms with E-state index in [4.69, 9.17) is 19.5 Å². The molecule has 7 atom stereocenters. The lowest BCUT2D eigenvalue weighted by molar-refractivity contribution is -0.146. The number of benzene rings is 1. The maximum Gasteiger partial charge on any atom is 0.459 e. The van der Waals surface area contributed by atoms with Gasteiger partial charge < -0.3 is 25.2 Å². The summed E-state index contributed by atoms with van der Waals surface area (Å²) in [6.07, 6.45) is 0.133. The molecule has 1 aromatic carbocycles. The predicted octanol–water partition coefficient (Wildman–Crippen LogP) is 3.05. The first-order chi connectivity index (χ1) is 20.1. The number of nitrogens with one attached hydrogen (secondary N) is 1. The van der Waals surface area contributed by atoms with Gasteiger partial charge in [0.25, 0.3) is 0 Å². The molecule has 0 radical (unpaired) electrons. The van der Waals surface area contributed by atoms with Gasteiger partial charge in [0.15, 0.2) is 5.82 Å². The van der Waals surface area contributed by atoms with Crippen LogP contribution in [0.5, 0.6) is 5.75 Å². The number of nitrogen functional groups attached to an aromatic ring is 1. The molecule has 1 unspecified atom stereocenters. The minimum Gasteiger partial charge on any atom is -0.464 e. The van der Waals surface area contributed by atoms with Gasteiger partial charge in [-0.05, 0) is 37.1 Å². The molecule has 4 rings (SSSR count). The van der Waals surface area contributed by atoms with E-state index in [9.17, 15) is 24.8 Å². The van der Waals surface area contributed by atoms with Crippen LogP contribution in [0.4, 0.5) is 5.82 Å². The summed E-state index contributed by atoms with van der Waals surface area (Å²) in [7, 11) is -4.28. The first kappa shape index (κ1) is 31.4. The van der Waals surface area contributed by atoms with Crippen molar-refractivity contribution in [1.82, 2.24) is 19.7 Å². The number of nitrogens with two attached hydrogens (primary N) is 1. The SMILES string of the molecule is CCC(CC)COC(=O)[C@H](C)NP(=O)(OC[C@@H]1[C@@H](O)[C@@H](O)[C@@H](C#N)[C@@H]1c1ccc2c(N)ncnn12)Oc1ccccc1. The van der Waals surface area contributed by atoms with Crippen molar-refractivity contribution in [3.63, 3.8) is 0 Å². The fourth-order valence-electron chi connectivity index (χ4n) is 5.18. The highest BCUT2D eigenvalue weighted by molar-refractivity contribution is 7.52. The van der Waals surface area contributed by atoms with Gasteiger partial charge in [-0.3, -0.25) is 9.32 Å². The number of carbonyl (C=O) groups excluding carboxylic acids is 1. The highest BCUT2D eigenvalue weighted by Gasteiger charge is 2.52. The number of nitriles is 1. The molecule has 1 fully saturated rings. The average molecular weight is 601 g/mol. The lowest BCUT2D eigenvalue weighted by Crippen LogP contribution is -2.37. The maximum atomic E-state index is 14.1. The van der Waals surface area contributed by atoms with Crippen LogP contribution in [0.2, 0.25) is 0 Å². The average Bonchev–Trinajstić information content (AvgIpc) is 3.51. The fourth-order valence-corrected chi connectivity index (χ4v) is 6.71. The van der Waals surface area contributed by atoms with Crippen molar-refractivity contribution in [1.29, 1.82) is 5.26 Å². The molecule has 226 valence electrons. The molecular weight excluding hydrogens is 563 g/mol. The van der Waals surface area contributed by atoms with E-state index in [1.165, 1.54) is 17.8 Å². The van der Waals surface area contributed by atoms with E-state index in [0.717, 1.165) is 12.8 Å². The summed E-state index contributed by atoms with van der Waals surface area (Å²) >= 11 is 0. The molecule has 5 N–H and O–H groups in total. The Labute approximate surface area is 244 Å². The molecule has 14 heteroatoms. The third-order valence-electron chi connectivity index (χ3n) is 7.73. The van der Waals surface area contributed by atoms with Crippen molar-refractivity contribution in [2.45, 2.75) is 57.8 Å². The number of anilines is 1. The molecule has 1 aliphatic carbocycles. The summed E-state index contributed by atoms with van der Waals surface area (Å²) in [4.78, 5) is 16.7.